The first kappa shape index (κ1) is 16.1. The topological polar surface area (TPSA) is 26.3 Å². The van der Waals surface area contributed by atoms with E-state index in [1.54, 1.807) is 6.07 Å². The molecule has 2 nitrogen and oxygen atoms in total. The van der Waals surface area contributed by atoms with Crippen molar-refractivity contribution in [2.45, 2.75) is 25.6 Å². The van der Waals surface area contributed by atoms with Crippen molar-refractivity contribution in [3.63, 3.8) is 0 Å². The molecule has 2 rings (SSSR count). The Morgan fingerprint density at radius 2 is 1.73 bits per heavy atom. The van der Waals surface area contributed by atoms with E-state index in [-0.39, 0.29) is 6.61 Å². The van der Waals surface area contributed by atoms with Crippen molar-refractivity contribution < 1.29 is 22.7 Å². The quantitative estimate of drug-likeness (QED) is 0.739. The van der Waals surface area contributed by atoms with Crippen LogP contribution in [0, 0.1) is 0 Å². The fourth-order valence-electron chi connectivity index (χ4n) is 1.97. The van der Waals surface area contributed by atoms with Gasteiger partial charge in [-0.3, -0.25) is 0 Å². The van der Waals surface area contributed by atoms with Crippen molar-refractivity contribution in [2.24, 2.45) is 0 Å². The number of halogens is 3. The van der Waals surface area contributed by atoms with E-state index in [0.29, 0.717) is 24.2 Å². The summed E-state index contributed by atoms with van der Waals surface area (Å²) < 4.78 is 43.0. The molecule has 0 spiro atoms. The number of aryl methyl sites for hydroxylation is 1. The van der Waals surface area contributed by atoms with Gasteiger partial charge in [-0.2, -0.15) is 13.2 Å². The van der Waals surface area contributed by atoms with Crippen LogP contribution in [-0.2, 0) is 24.0 Å². The van der Waals surface area contributed by atoms with Crippen LogP contribution >= 0.6 is 0 Å². The number of aldehydes is 1. The SMILES string of the molecule is O=CCCc1cccc(OCc2ccc(C(F)(F)F)cc2)c1. The lowest BCUT2D eigenvalue weighted by molar-refractivity contribution is -0.137. The standard InChI is InChI=1S/C17H15F3O2/c18-17(19,20)15-8-6-14(7-9-15)12-22-16-5-1-3-13(11-16)4-2-10-21/h1,3,5-11H,2,4,12H2. The molecule has 0 unspecified atom stereocenters. The molecule has 0 bridgehead atoms. The van der Waals surface area contributed by atoms with E-state index in [9.17, 15) is 18.0 Å². The van der Waals surface area contributed by atoms with E-state index in [1.165, 1.54) is 12.1 Å². The molecule has 5 heteroatoms. The summed E-state index contributed by atoms with van der Waals surface area (Å²) in [6.07, 6.45) is -2.38. The second-order valence-electron chi connectivity index (χ2n) is 4.84. The summed E-state index contributed by atoms with van der Waals surface area (Å²) in [4.78, 5) is 10.4. The Morgan fingerprint density at radius 3 is 2.36 bits per heavy atom. The van der Waals surface area contributed by atoms with Gasteiger partial charge in [-0.1, -0.05) is 24.3 Å². The third-order valence-electron chi connectivity index (χ3n) is 3.14. The van der Waals surface area contributed by atoms with Gasteiger partial charge >= 0.3 is 6.18 Å². The number of benzene rings is 2. The lowest BCUT2D eigenvalue weighted by Crippen LogP contribution is -2.05. The highest BCUT2D eigenvalue weighted by molar-refractivity contribution is 5.50. The van der Waals surface area contributed by atoms with Gasteiger partial charge in [0, 0.05) is 6.42 Å². The lowest BCUT2D eigenvalue weighted by atomic mass is 10.1. The average molecular weight is 308 g/mol. The molecule has 0 N–H and O–H groups in total. The Balaban J connectivity index is 1.96. The Morgan fingerprint density at radius 1 is 1.00 bits per heavy atom. The highest BCUT2D eigenvalue weighted by Gasteiger charge is 2.29. The fraction of sp³-hybridized carbons (Fsp3) is 0.235. The molecule has 0 saturated heterocycles. The average Bonchev–Trinajstić information content (AvgIpc) is 2.51. The van der Waals surface area contributed by atoms with Gasteiger partial charge in [0.1, 0.15) is 18.6 Å². The van der Waals surface area contributed by atoms with Crippen molar-refractivity contribution in [3.8, 4) is 5.75 Å². The van der Waals surface area contributed by atoms with E-state index < -0.39 is 11.7 Å². The molecular weight excluding hydrogens is 293 g/mol. The minimum Gasteiger partial charge on any atom is -0.489 e. The van der Waals surface area contributed by atoms with Crippen LogP contribution in [0.25, 0.3) is 0 Å². The molecule has 116 valence electrons. The Labute approximate surface area is 126 Å². The number of ether oxygens (including phenoxy) is 1. The van der Waals surface area contributed by atoms with Gasteiger partial charge in [0.05, 0.1) is 5.56 Å². The Hall–Kier alpha value is -2.30. The summed E-state index contributed by atoms with van der Waals surface area (Å²) in [6.45, 7) is 0.190. The molecular formula is C17H15F3O2. The van der Waals surface area contributed by atoms with Gasteiger partial charge in [-0.15, -0.1) is 0 Å². The van der Waals surface area contributed by atoms with E-state index >= 15 is 0 Å². The summed E-state index contributed by atoms with van der Waals surface area (Å²) in [5.74, 6) is 0.628. The van der Waals surface area contributed by atoms with Crippen molar-refractivity contribution in [1.29, 1.82) is 0 Å². The molecule has 0 heterocycles. The van der Waals surface area contributed by atoms with Gasteiger partial charge in [-0.05, 0) is 41.8 Å². The number of rotatable bonds is 6. The Bertz CT molecular complexity index is 619. The van der Waals surface area contributed by atoms with Crippen LogP contribution in [0.15, 0.2) is 48.5 Å². The molecule has 0 aliphatic carbocycles. The first-order valence-corrected chi connectivity index (χ1v) is 6.80. The molecule has 0 atom stereocenters. The van der Waals surface area contributed by atoms with Crippen LogP contribution in [0.1, 0.15) is 23.1 Å². The lowest BCUT2D eigenvalue weighted by Gasteiger charge is -2.10. The second kappa shape index (κ2) is 7.11. The number of hydrogen-bond acceptors (Lipinski definition) is 2. The van der Waals surface area contributed by atoms with Gasteiger partial charge in [0.2, 0.25) is 0 Å². The maximum Gasteiger partial charge on any atom is 0.416 e. The van der Waals surface area contributed by atoms with Gasteiger partial charge in [-0.25, -0.2) is 0 Å². The summed E-state index contributed by atoms with van der Waals surface area (Å²) in [5, 5.41) is 0. The highest BCUT2D eigenvalue weighted by atomic mass is 19.4. The van der Waals surface area contributed by atoms with Crippen LogP contribution in [0.4, 0.5) is 13.2 Å². The molecule has 0 saturated carbocycles. The maximum atomic E-state index is 12.5. The van der Waals surface area contributed by atoms with Crippen LogP contribution in [0.5, 0.6) is 5.75 Å². The minimum absolute atomic E-state index is 0.190. The Kier molecular flexibility index (Phi) is 5.20. The van der Waals surface area contributed by atoms with E-state index in [4.69, 9.17) is 4.74 Å². The van der Waals surface area contributed by atoms with E-state index in [2.05, 4.69) is 0 Å². The first-order chi connectivity index (χ1) is 10.5. The normalized spacial score (nSPS) is 11.2. The van der Waals surface area contributed by atoms with Crippen LogP contribution in [0.2, 0.25) is 0 Å². The number of carbonyl (C=O) groups is 1. The maximum absolute atomic E-state index is 12.5. The largest absolute Gasteiger partial charge is 0.489 e. The molecule has 2 aromatic carbocycles. The minimum atomic E-state index is -4.33. The molecule has 0 amide bonds. The zero-order valence-corrected chi connectivity index (χ0v) is 11.8. The van der Waals surface area contributed by atoms with Crippen molar-refractivity contribution in [2.75, 3.05) is 0 Å². The predicted octanol–water partition coefficient (Wildman–Crippen LogP) is 4.42. The predicted molar refractivity (Wildman–Crippen MR) is 76.6 cm³/mol. The number of carbonyl (C=O) groups excluding carboxylic acids is 1. The zero-order valence-electron chi connectivity index (χ0n) is 11.8. The monoisotopic (exact) mass is 308 g/mol. The van der Waals surface area contributed by atoms with Crippen molar-refractivity contribution in [3.05, 3.63) is 65.2 Å². The van der Waals surface area contributed by atoms with E-state index in [1.807, 2.05) is 18.2 Å². The van der Waals surface area contributed by atoms with Crippen molar-refractivity contribution in [1.82, 2.24) is 0 Å². The van der Waals surface area contributed by atoms with Crippen molar-refractivity contribution >= 4 is 6.29 Å². The van der Waals surface area contributed by atoms with Crippen LogP contribution in [-0.4, -0.2) is 6.29 Å². The molecule has 0 radical (unpaired) electrons. The smallest absolute Gasteiger partial charge is 0.416 e. The molecule has 22 heavy (non-hydrogen) atoms. The second-order valence-corrected chi connectivity index (χ2v) is 4.84. The fourth-order valence-corrected chi connectivity index (χ4v) is 1.97. The summed E-state index contributed by atoms with van der Waals surface area (Å²) in [7, 11) is 0. The number of alkyl halides is 3. The highest BCUT2D eigenvalue weighted by Crippen LogP contribution is 2.29. The van der Waals surface area contributed by atoms with Gasteiger partial charge in [0.15, 0.2) is 0 Å². The number of hydrogen-bond donors (Lipinski definition) is 0. The van der Waals surface area contributed by atoms with E-state index in [0.717, 1.165) is 24.0 Å². The summed E-state index contributed by atoms with van der Waals surface area (Å²) >= 11 is 0. The van der Waals surface area contributed by atoms with Crippen LogP contribution < -0.4 is 4.74 Å². The molecule has 0 fully saturated rings. The zero-order chi connectivity index (χ0) is 16.0. The van der Waals surface area contributed by atoms with Gasteiger partial charge < -0.3 is 9.53 Å². The molecule has 0 aliphatic heterocycles. The van der Waals surface area contributed by atoms with Gasteiger partial charge in [0.25, 0.3) is 0 Å². The van der Waals surface area contributed by atoms with Crippen LogP contribution in [0.3, 0.4) is 0 Å². The third kappa shape index (κ3) is 4.62. The third-order valence-corrected chi connectivity index (χ3v) is 3.14. The summed E-state index contributed by atoms with van der Waals surface area (Å²) in [6, 6.07) is 12.2. The first-order valence-electron chi connectivity index (χ1n) is 6.80. The molecule has 0 aliphatic rings. The molecule has 2 aromatic rings. The summed E-state index contributed by atoms with van der Waals surface area (Å²) in [5.41, 5.74) is 0.968. The molecule has 0 aromatic heterocycles.